The second-order valence-electron chi connectivity index (χ2n) is 6.15. The number of hydrogen-bond acceptors (Lipinski definition) is 3. The summed E-state index contributed by atoms with van der Waals surface area (Å²) in [5, 5.41) is 0. The van der Waals surface area contributed by atoms with Gasteiger partial charge in [0.2, 0.25) is 0 Å². The van der Waals surface area contributed by atoms with Gasteiger partial charge in [0.25, 0.3) is 5.91 Å². The zero-order valence-corrected chi connectivity index (χ0v) is 13.8. The average Bonchev–Trinajstić information content (AvgIpc) is 2.89. The average molecular weight is 353 g/mol. The molecule has 1 unspecified atom stereocenters. The van der Waals surface area contributed by atoms with E-state index in [0.29, 0.717) is 29.2 Å². The lowest BCUT2D eigenvalue weighted by molar-refractivity contribution is 0.0780. The number of carbonyl (C=O) groups is 1. The molecule has 0 aromatic heterocycles. The van der Waals surface area contributed by atoms with Gasteiger partial charge in [0, 0.05) is 23.6 Å². The van der Waals surface area contributed by atoms with Crippen molar-refractivity contribution in [3.63, 3.8) is 0 Å². The first-order valence-corrected chi connectivity index (χ1v) is 8.26. The van der Waals surface area contributed by atoms with Crippen LogP contribution in [0.2, 0.25) is 0 Å². The summed E-state index contributed by atoms with van der Waals surface area (Å²) in [6.07, 6.45) is 3.28. The number of halogens is 1. The van der Waals surface area contributed by atoms with E-state index in [9.17, 15) is 4.79 Å². The van der Waals surface area contributed by atoms with E-state index < -0.39 is 0 Å². The van der Waals surface area contributed by atoms with Crippen LogP contribution in [0.5, 0.6) is 5.75 Å². The highest BCUT2D eigenvalue weighted by atomic mass is 79.9. The van der Waals surface area contributed by atoms with Gasteiger partial charge in [-0.1, -0.05) is 15.9 Å². The summed E-state index contributed by atoms with van der Waals surface area (Å²) < 4.78 is 6.26. The number of likely N-dealkylation sites (tertiary alicyclic amines) is 1. The van der Waals surface area contributed by atoms with E-state index in [0.717, 1.165) is 36.8 Å². The van der Waals surface area contributed by atoms with Gasteiger partial charge in [-0.15, -0.1) is 0 Å². The molecule has 2 N–H and O–H groups in total. The summed E-state index contributed by atoms with van der Waals surface area (Å²) in [7, 11) is 1.60. The van der Waals surface area contributed by atoms with Gasteiger partial charge in [0.1, 0.15) is 5.75 Å². The van der Waals surface area contributed by atoms with Crippen molar-refractivity contribution in [1.29, 1.82) is 0 Å². The molecule has 2 fully saturated rings. The Hall–Kier alpha value is -1.07. The molecule has 1 heterocycles. The van der Waals surface area contributed by atoms with Crippen LogP contribution in [-0.4, -0.2) is 37.0 Å². The van der Waals surface area contributed by atoms with Crippen LogP contribution in [0.1, 0.15) is 29.6 Å². The molecule has 21 heavy (non-hydrogen) atoms. The molecule has 0 bridgehead atoms. The second kappa shape index (κ2) is 5.97. The third kappa shape index (κ3) is 2.94. The summed E-state index contributed by atoms with van der Waals surface area (Å²) >= 11 is 3.41. The number of fused-ring (bicyclic) bond motifs is 1. The van der Waals surface area contributed by atoms with Crippen molar-refractivity contribution in [3.8, 4) is 5.75 Å². The number of amides is 1. The van der Waals surface area contributed by atoms with Gasteiger partial charge in [0.05, 0.1) is 12.7 Å². The number of nitrogens with zero attached hydrogens (tertiary/aromatic N) is 1. The molecule has 1 saturated heterocycles. The lowest BCUT2D eigenvalue weighted by atomic mass is 9.79. The maximum atomic E-state index is 12.8. The van der Waals surface area contributed by atoms with Crippen molar-refractivity contribution in [2.45, 2.75) is 25.3 Å². The van der Waals surface area contributed by atoms with Crippen LogP contribution in [0.3, 0.4) is 0 Å². The van der Waals surface area contributed by atoms with E-state index >= 15 is 0 Å². The normalized spacial score (nSPS) is 28.3. The standard InChI is InChI=1S/C16H21BrN2O2/c1-21-15-7-12(17)3-5-14(15)16(20)19-8-10-2-4-13(18)6-11(10)9-19/h3,5,7,10-11,13H,2,4,6,8-9,18H2,1H3/t10-,11+,13?/m1/s1. The number of benzene rings is 1. The molecule has 2 aliphatic rings. The fraction of sp³-hybridized carbons (Fsp3) is 0.562. The predicted molar refractivity (Wildman–Crippen MR) is 85.4 cm³/mol. The molecule has 1 aromatic carbocycles. The summed E-state index contributed by atoms with van der Waals surface area (Å²) in [5.41, 5.74) is 6.70. The third-order valence-electron chi connectivity index (χ3n) is 4.77. The number of hydrogen-bond donors (Lipinski definition) is 1. The topological polar surface area (TPSA) is 55.6 Å². The monoisotopic (exact) mass is 352 g/mol. The van der Waals surface area contributed by atoms with Gasteiger partial charge >= 0.3 is 0 Å². The zero-order valence-electron chi connectivity index (χ0n) is 12.2. The molecular formula is C16H21BrN2O2. The molecule has 5 heteroatoms. The minimum Gasteiger partial charge on any atom is -0.496 e. The van der Waals surface area contributed by atoms with Gasteiger partial charge in [-0.2, -0.15) is 0 Å². The Labute approximate surface area is 133 Å². The van der Waals surface area contributed by atoms with E-state index in [2.05, 4.69) is 15.9 Å². The van der Waals surface area contributed by atoms with Crippen molar-refractivity contribution in [2.24, 2.45) is 17.6 Å². The lowest BCUT2D eigenvalue weighted by Crippen LogP contribution is -2.32. The molecule has 1 amide bonds. The van der Waals surface area contributed by atoms with E-state index in [4.69, 9.17) is 10.5 Å². The van der Waals surface area contributed by atoms with Crippen molar-refractivity contribution in [2.75, 3.05) is 20.2 Å². The Balaban J connectivity index is 1.77. The Kier molecular flexibility index (Phi) is 4.22. The van der Waals surface area contributed by atoms with Gasteiger partial charge < -0.3 is 15.4 Å². The Bertz CT molecular complexity index is 549. The Morgan fingerprint density at radius 2 is 2.10 bits per heavy atom. The fourth-order valence-electron chi connectivity index (χ4n) is 3.65. The highest BCUT2D eigenvalue weighted by Gasteiger charge is 2.39. The number of ether oxygens (including phenoxy) is 1. The molecule has 0 radical (unpaired) electrons. The SMILES string of the molecule is COc1cc(Br)ccc1C(=O)N1C[C@H]2CCC(N)C[C@H]2C1. The first-order chi connectivity index (χ1) is 10.1. The van der Waals surface area contributed by atoms with Gasteiger partial charge in [0.15, 0.2) is 0 Å². The molecule has 4 nitrogen and oxygen atoms in total. The fourth-order valence-corrected chi connectivity index (χ4v) is 3.99. The lowest BCUT2D eigenvalue weighted by Gasteiger charge is -2.27. The summed E-state index contributed by atoms with van der Waals surface area (Å²) in [4.78, 5) is 14.7. The third-order valence-corrected chi connectivity index (χ3v) is 5.26. The van der Waals surface area contributed by atoms with Crippen molar-refractivity contribution >= 4 is 21.8 Å². The molecule has 1 aliphatic heterocycles. The number of rotatable bonds is 2. The minimum atomic E-state index is 0.0716. The molecule has 1 aliphatic carbocycles. The van der Waals surface area contributed by atoms with Gasteiger partial charge in [-0.3, -0.25) is 4.79 Å². The predicted octanol–water partition coefficient (Wildman–Crippen LogP) is 2.66. The first kappa shape index (κ1) is 14.9. The van der Waals surface area contributed by atoms with Crippen molar-refractivity contribution in [3.05, 3.63) is 28.2 Å². The van der Waals surface area contributed by atoms with Crippen LogP contribution >= 0.6 is 15.9 Å². The quantitative estimate of drug-likeness (QED) is 0.889. The van der Waals surface area contributed by atoms with E-state index in [1.54, 1.807) is 7.11 Å². The smallest absolute Gasteiger partial charge is 0.257 e. The van der Waals surface area contributed by atoms with Crippen LogP contribution in [0.25, 0.3) is 0 Å². The maximum Gasteiger partial charge on any atom is 0.257 e. The molecule has 1 saturated carbocycles. The molecular weight excluding hydrogens is 332 g/mol. The minimum absolute atomic E-state index is 0.0716. The Morgan fingerprint density at radius 3 is 2.86 bits per heavy atom. The highest BCUT2D eigenvalue weighted by molar-refractivity contribution is 9.10. The Morgan fingerprint density at radius 1 is 1.33 bits per heavy atom. The van der Waals surface area contributed by atoms with Crippen LogP contribution in [0, 0.1) is 11.8 Å². The molecule has 3 atom stereocenters. The van der Waals surface area contributed by atoms with E-state index in [1.165, 1.54) is 0 Å². The summed E-state index contributed by atoms with van der Waals surface area (Å²) in [5.74, 6) is 1.89. The molecule has 114 valence electrons. The number of methoxy groups -OCH3 is 1. The molecule has 0 spiro atoms. The highest BCUT2D eigenvalue weighted by Crippen LogP contribution is 2.37. The van der Waals surface area contributed by atoms with Crippen molar-refractivity contribution in [1.82, 2.24) is 4.90 Å². The van der Waals surface area contributed by atoms with E-state index in [-0.39, 0.29) is 5.91 Å². The van der Waals surface area contributed by atoms with Crippen molar-refractivity contribution < 1.29 is 9.53 Å². The van der Waals surface area contributed by atoms with Crippen LogP contribution in [0.15, 0.2) is 22.7 Å². The van der Waals surface area contributed by atoms with Crippen LogP contribution in [0.4, 0.5) is 0 Å². The van der Waals surface area contributed by atoms with Crippen LogP contribution in [-0.2, 0) is 0 Å². The number of carbonyl (C=O) groups excluding carboxylic acids is 1. The van der Waals surface area contributed by atoms with Crippen LogP contribution < -0.4 is 10.5 Å². The molecule has 3 rings (SSSR count). The first-order valence-electron chi connectivity index (χ1n) is 7.47. The zero-order chi connectivity index (χ0) is 15.0. The van der Waals surface area contributed by atoms with Gasteiger partial charge in [-0.05, 0) is 49.3 Å². The molecule has 1 aromatic rings. The maximum absolute atomic E-state index is 12.8. The largest absolute Gasteiger partial charge is 0.496 e. The number of nitrogens with two attached hydrogens (primary N) is 1. The van der Waals surface area contributed by atoms with E-state index in [1.807, 2.05) is 23.1 Å². The second-order valence-corrected chi connectivity index (χ2v) is 7.06. The summed E-state index contributed by atoms with van der Waals surface area (Å²) in [6, 6.07) is 5.86. The summed E-state index contributed by atoms with van der Waals surface area (Å²) in [6.45, 7) is 1.69. The van der Waals surface area contributed by atoms with Gasteiger partial charge in [-0.25, -0.2) is 0 Å².